The first-order chi connectivity index (χ1) is 12.9. The van der Waals surface area contributed by atoms with Gasteiger partial charge in [0.25, 0.3) is 0 Å². The number of nitriles is 1. The Morgan fingerprint density at radius 1 is 0.964 bits per heavy atom. The van der Waals surface area contributed by atoms with Crippen molar-refractivity contribution in [2.45, 2.75) is 22.4 Å². The molecule has 0 aliphatic carbocycles. The normalized spacial score (nSPS) is 21.2. The zero-order valence-corrected chi connectivity index (χ0v) is 14.0. The average molecular weight is 423 g/mol. The van der Waals surface area contributed by atoms with E-state index < -0.39 is 83.8 Å². The smallest absolute Gasteiger partial charge is 0.187 e. The molecular weight excluding hydrogens is 416 g/mol. The van der Waals surface area contributed by atoms with Crippen LogP contribution in [-0.2, 0) is 9.84 Å². The largest absolute Gasteiger partial charge is 0.387 e. The lowest BCUT2D eigenvalue weighted by atomic mass is 9.96. The summed E-state index contributed by atoms with van der Waals surface area (Å²) in [5.74, 6) is -12.0. The van der Waals surface area contributed by atoms with Crippen LogP contribution in [0.2, 0.25) is 0 Å². The Bertz CT molecular complexity index is 1130. The molecule has 1 aliphatic rings. The van der Waals surface area contributed by atoms with E-state index in [0.717, 1.165) is 6.07 Å². The quantitative estimate of drug-likeness (QED) is 0.439. The van der Waals surface area contributed by atoms with Gasteiger partial charge in [0.1, 0.15) is 29.1 Å². The van der Waals surface area contributed by atoms with Crippen molar-refractivity contribution in [1.29, 1.82) is 5.26 Å². The Morgan fingerprint density at radius 3 is 1.96 bits per heavy atom. The fourth-order valence-electron chi connectivity index (χ4n) is 3.03. The van der Waals surface area contributed by atoms with Gasteiger partial charge in [0.15, 0.2) is 44.7 Å². The first-order valence-electron chi connectivity index (χ1n) is 7.30. The Kier molecular flexibility index (Phi) is 4.65. The molecule has 3 rings (SSSR count). The Balaban J connectivity index is 2.23. The van der Waals surface area contributed by atoms with Crippen molar-refractivity contribution in [2.24, 2.45) is 0 Å². The first kappa shape index (κ1) is 20.1. The molecule has 0 fully saturated rings. The molecule has 5 nitrogen and oxygen atoms in total. The second-order valence-corrected chi connectivity index (χ2v) is 7.93. The molecule has 0 spiro atoms. The van der Waals surface area contributed by atoms with Gasteiger partial charge in [-0.05, 0) is 12.1 Å². The van der Waals surface area contributed by atoms with Crippen molar-refractivity contribution >= 4 is 9.84 Å². The first-order valence-corrected chi connectivity index (χ1v) is 8.84. The summed E-state index contributed by atoms with van der Waals surface area (Å²) in [6.07, 6.45) is -5.18. The van der Waals surface area contributed by atoms with E-state index in [1.807, 2.05) is 0 Å². The van der Waals surface area contributed by atoms with Gasteiger partial charge in [0.2, 0.25) is 0 Å². The number of aliphatic hydroxyl groups excluding tert-OH is 2. The SMILES string of the molecule is N#Cc1c(F)c(F)c(C(O)C2C(O)c3cc(F)c(F)cc3S2(=O)=O)c(F)c1F. The number of halogens is 6. The number of aliphatic hydroxyl groups is 2. The molecule has 1 heterocycles. The second kappa shape index (κ2) is 6.47. The summed E-state index contributed by atoms with van der Waals surface area (Å²) in [6.45, 7) is 0. The van der Waals surface area contributed by atoms with Crippen LogP contribution in [-0.4, -0.2) is 23.9 Å². The molecule has 12 heteroatoms. The maximum atomic E-state index is 14.1. The van der Waals surface area contributed by atoms with Gasteiger partial charge >= 0.3 is 0 Å². The molecule has 28 heavy (non-hydrogen) atoms. The van der Waals surface area contributed by atoms with Crippen molar-refractivity contribution in [1.82, 2.24) is 0 Å². The highest BCUT2D eigenvalue weighted by Crippen LogP contribution is 2.46. The van der Waals surface area contributed by atoms with Crippen LogP contribution in [0.15, 0.2) is 17.0 Å². The lowest BCUT2D eigenvalue weighted by molar-refractivity contribution is 0.0829. The maximum Gasteiger partial charge on any atom is 0.187 e. The van der Waals surface area contributed by atoms with Gasteiger partial charge in [0.05, 0.1) is 10.5 Å². The summed E-state index contributed by atoms with van der Waals surface area (Å²) < 4.78 is 108. The van der Waals surface area contributed by atoms with E-state index in [1.54, 1.807) is 0 Å². The van der Waals surface area contributed by atoms with Crippen LogP contribution >= 0.6 is 0 Å². The van der Waals surface area contributed by atoms with E-state index in [2.05, 4.69) is 0 Å². The Labute approximate surface area is 153 Å². The molecule has 0 bridgehead atoms. The molecule has 0 amide bonds. The van der Waals surface area contributed by atoms with Gasteiger partial charge in [-0.2, -0.15) is 5.26 Å². The van der Waals surface area contributed by atoms with Crippen molar-refractivity contribution in [3.63, 3.8) is 0 Å². The van der Waals surface area contributed by atoms with Crippen LogP contribution in [0.3, 0.4) is 0 Å². The maximum absolute atomic E-state index is 14.1. The summed E-state index contributed by atoms with van der Waals surface area (Å²) >= 11 is 0. The zero-order chi connectivity index (χ0) is 21.1. The summed E-state index contributed by atoms with van der Waals surface area (Å²) in [5.41, 5.74) is -4.15. The fourth-order valence-corrected chi connectivity index (χ4v) is 5.06. The van der Waals surface area contributed by atoms with Crippen molar-refractivity contribution in [3.8, 4) is 6.07 Å². The van der Waals surface area contributed by atoms with E-state index in [9.17, 15) is 45.0 Å². The number of hydrogen-bond acceptors (Lipinski definition) is 5. The summed E-state index contributed by atoms with van der Waals surface area (Å²) in [4.78, 5) is -0.960. The Morgan fingerprint density at radius 2 is 1.46 bits per heavy atom. The number of benzene rings is 2. The molecule has 0 saturated carbocycles. The number of sulfone groups is 1. The molecule has 1 aliphatic heterocycles. The molecule has 2 N–H and O–H groups in total. The molecule has 3 unspecified atom stereocenters. The number of fused-ring (bicyclic) bond motifs is 1. The van der Waals surface area contributed by atoms with Gasteiger partial charge in [-0.1, -0.05) is 0 Å². The van der Waals surface area contributed by atoms with Crippen LogP contribution < -0.4 is 0 Å². The second-order valence-electron chi connectivity index (χ2n) is 5.86. The number of rotatable bonds is 2. The summed E-state index contributed by atoms with van der Waals surface area (Å²) in [6, 6.07) is 1.38. The molecule has 3 atom stereocenters. The monoisotopic (exact) mass is 423 g/mol. The molecule has 2 aromatic carbocycles. The molecule has 0 saturated heterocycles. The topological polar surface area (TPSA) is 98.4 Å². The van der Waals surface area contributed by atoms with Gasteiger partial charge in [0, 0.05) is 5.56 Å². The van der Waals surface area contributed by atoms with Crippen LogP contribution in [0.25, 0.3) is 0 Å². The standard InChI is InChI=1S/C16H7F6NO4S/c17-6-1-4-8(2-7(6)18)28(26,27)16(14(4)24)15(25)9-12(21)10(19)5(3-23)11(20)13(9)22/h1-2,14-16,24-25H. The van der Waals surface area contributed by atoms with Crippen LogP contribution in [0.1, 0.15) is 28.9 Å². The third-order valence-electron chi connectivity index (χ3n) is 4.36. The highest BCUT2D eigenvalue weighted by Gasteiger charge is 2.51. The summed E-state index contributed by atoms with van der Waals surface area (Å²) in [7, 11) is -4.91. The van der Waals surface area contributed by atoms with Crippen molar-refractivity contribution < 1.29 is 45.0 Å². The molecule has 0 aromatic heterocycles. The minimum atomic E-state index is -4.91. The summed E-state index contributed by atoms with van der Waals surface area (Å²) in [5, 5.41) is 26.3. The highest BCUT2D eigenvalue weighted by atomic mass is 32.2. The van der Waals surface area contributed by atoms with Gasteiger partial charge in [-0.3, -0.25) is 0 Å². The number of hydrogen-bond donors (Lipinski definition) is 2. The van der Waals surface area contributed by atoms with Crippen LogP contribution in [0.4, 0.5) is 26.3 Å². The fraction of sp³-hybridized carbons (Fsp3) is 0.188. The predicted octanol–water partition coefficient (Wildman–Crippen LogP) is 2.32. The average Bonchev–Trinajstić information content (AvgIpc) is 2.80. The predicted molar refractivity (Wildman–Crippen MR) is 78.2 cm³/mol. The van der Waals surface area contributed by atoms with E-state index >= 15 is 0 Å². The Hall–Kier alpha value is -2.62. The molecule has 0 radical (unpaired) electrons. The third kappa shape index (κ3) is 2.58. The van der Waals surface area contributed by atoms with E-state index in [4.69, 9.17) is 5.26 Å². The van der Waals surface area contributed by atoms with Crippen molar-refractivity contribution in [3.05, 3.63) is 63.7 Å². The van der Waals surface area contributed by atoms with E-state index in [0.29, 0.717) is 6.07 Å². The third-order valence-corrected chi connectivity index (χ3v) is 6.56. The van der Waals surface area contributed by atoms with Gasteiger partial charge < -0.3 is 10.2 Å². The lowest BCUT2D eigenvalue weighted by Crippen LogP contribution is -2.31. The zero-order valence-electron chi connectivity index (χ0n) is 13.2. The minimum absolute atomic E-state index is 0.197. The van der Waals surface area contributed by atoms with Gasteiger partial charge in [-0.15, -0.1) is 0 Å². The minimum Gasteiger partial charge on any atom is -0.387 e. The van der Waals surface area contributed by atoms with E-state index in [-0.39, 0.29) is 6.07 Å². The molecule has 148 valence electrons. The van der Waals surface area contributed by atoms with E-state index in [1.165, 1.54) is 0 Å². The number of nitrogens with zero attached hydrogens (tertiary/aromatic N) is 1. The lowest BCUT2D eigenvalue weighted by Gasteiger charge is -2.22. The van der Waals surface area contributed by atoms with Crippen LogP contribution in [0.5, 0.6) is 0 Å². The highest BCUT2D eigenvalue weighted by molar-refractivity contribution is 7.92. The van der Waals surface area contributed by atoms with Crippen molar-refractivity contribution in [2.75, 3.05) is 0 Å². The molecular formula is C16H7F6NO4S. The molecule has 2 aromatic rings. The van der Waals surface area contributed by atoms with Crippen LogP contribution in [0, 0.1) is 46.2 Å². The van der Waals surface area contributed by atoms with Gasteiger partial charge in [-0.25, -0.2) is 34.8 Å².